The molecule has 0 aliphatic carbocycles. The Morgan fingerprint density at radius 2 is 0.909 bits per heavy atom. The SMILES string of the molecule is C[Si]1(C)c2cc(N)c(O)cc2[Si](C)(C)c2cc(N)c(O)cc21. The van der Waals surface area contributed by atoms with Gasteiger partial charge in [0.05, 0.1) is 11.4 Å². The number of phenolic OH excluding ortho intramolecular Hbond substituents is 2. The number of rotatable bonds is 0. The van der Waals surface area contributed by atoms with Crippen molar-refractivity contribution in [1.29, 1.82) is 0 Å². The zero-order valence-corrected chi connectivity index (χ0v) is 15.4. The van der Waals surface area contributed by atoms with Gasteiger partial charge in [0.1, 0.15) is 27.6 Å². The number of phenols is 2. The van der Waals surface area contributed by atoms with Crippen molar-refractivity contribution in [3.63, 3.8) is 0 Å². The van der Waals surface area contributed by atoms with Crippen LogP contribution in [0.4, 0.5) is 11.4 Å². The Hall–Kier alpha value is -1.93. The molecule has 0 amide bonds. The van der Waals surface area contributed by atoms with Crippen LogP contribution < -0.4 is 32.2 Å². The normalized spacial score (nSPS) is 17.6. The number of benzene rings is 2. The highest BCUT2D eigenvalue weighted by Crippen LogP contribution is 2.25. The highest BCUT2D eigenvalue weighted by atomic mass is 28.3. The van der Waals surface area contributed by atoms with E-state index in [-0.39, 0.29) is 11.5 Å². The van der Waals surface area contributed by atoms with Gasteiger partial charge in [-0.05, 0) is 24.3 Å². The average Bonchev–Trinajstić information content (AvgIpc) is 2.42. The highest BCUT2D eigenvalue weighted by molar-refractivity contribution is 7.16. The molecule has 6 N–H and O–H groups in total. The lowest BCUT2D eigenvalue weighted by molar-refractivity contribution is 0.478. The fourth-order valence-electron chi connectivity index (χ4n) is 3.57. The molecule has 0 saturated carbocycles. The molecular formula is C16H22N2O2Si2. The second kappa shape index (κ2) is 4.30. The number of hydrogen-bond donors (Lipinski definition) is 4. The molecule has 0 fully saturated rings. The third-order valence-electron chi connectivity index (χ3n) is 5.03. The van der Waals surface area contributed by atoms with Crippen LogP contribution in [0, 0.1) is 0 Å². The van der Waals surface area contributed by atoms with Gasteiger partial charge in [-0.2, -0.15) is 0 Å². The summed E-state index contributed by atoms with van der Waals surface area (Å²) < 4.78 is 0. The van der Waals surface area contributed by atoms with E-state index >= 15 is 0 Å². The number of aromatic hydroxyl groups is 2. The van der Waals surface area contributed by atoms with E-state index in [9.17, 15) is 10.2 Å². The lowest BCUT2D eigenvalue weighted by atomic mass is 10.3. The molecule has 22 heavy (non-hydrogen) atoms. The van der Waals surface area contributed by atoms with Crippen molar-refractivity contribution >= 4 is 48.3 Å². The Labute approximate surface area is 132 Å². The first-order chi connectivity index (χ1) is 10.1. The maximum absolute atomic E-state index is 10.1. The number of fused-ring (bicyclic) bond motifs is 2. The van der Waals surface area contributed by atoms with Crippen LogP contribution in [0.3, 0.4) is 0 Å². The standard InChI is InChI=1S/C16H22N2O2Si2/c1-21(2)13-5-9(17)12(20)8-16(13)22(3,4)14-6-10(18)11(19)7-15(14)21/h5-8,19-20H,17-18H2,1-4H3. The summed E-state index contributed by atoms with van der Waals surface area (Å²) in [5, 5.41) is 25.1. The number of anilines is 2. The first-order valence-electron chi connectivity index (χ1n) is 7.33. The van der Waals surface area contributed by atoms with E-state index in [2.05, 4.69) is 26.2 Å². The van der Waals surface area contributed by atoms with Crippen LogP contribution >= 0.6 is 0 Å². The Balaban J connectivity index is 2.43. The maximum atomic E-state index is 10.1. The summed E-state index contributed by atoms with van der Waals surface area (Å²) in [5.74, 6) is 0.304. The van der Waals surface area contributed by atoms with Gasteiger partial charge in [0.2, 0.25) is 0 Å². The van der Waals surface area contributed by atoms with Gasteiger partial charge < -0.3 is 21.7 Å². The molecule has 0 spiro atoms. The van der Waals surface area contributed by atoms with E-state index in [4.69, 9.17) is 11.5 Å². The first kappa shape index (κ1) is 15.0. The molecular weight excluding hydrogens is 308 g/mol. The Morgan fingerprint density at radius 1 is 0.636 bits per heavy atom. The van der Waals surface area contributed by atoms with Crippen LogP contribution in [0.15, 0.2) is 24.3 Å². The predicted octanol–water partition coefficient (Wildman–Crippen LogP) is 0.221. The largest absolute Gasteiger partial charge is 0.506 e. The molecule has 1 heterocycles. The number of nitrogens with two attached hydrogens (primary N) is 2. The zero-order chi connectivity index (χ0) is 16.4. The van der Waals surface area contributed by atoms with Crippen molar-refractivity contribution in [3.8, 4) is 11.5 Å². The summed E-state index contributed by atoms with van der Waals surface area (Å²) in [7, 11) is -4.00. The maximum Gasteiger partial charge on any atom is 0.138 e. The summed E-state index contributed by atoms with van der Waals surface area (Å²) in [6, 6.07) is 7.55. The molecule has 4 nitrogen and oxygen atoms in total. The molecule has 0 radical (unpaired) electrons. The molecule has 0 bridgehead atoms. The minimum atomic E-state index is -2.00. The van der Waals surface area contributed by atoms with E-state index in [0.717, 1.165) is 0 Å². The van der Waals surface area contributed by atoms with Crippen molar-refractivity contribution < 1.29 is 10.2 Å². The van der Waals surface area contributed by atoms with Gasteiger partial charge in [0.15, 0.2) is 0 Å². The van der Waals surface area contributed by atoms with Gasteiger partial charge >= 0.3 is 0 Å². The van der Waals surface area contributed by atoms with Gasteiger partial charge in [-0.1, -0.05) is 46.9 Å². The Bertz CT molecular complexity index is 672. The van der Waals surface area contributed by atoms with Crippen molar-refractivity contribution in [2.45, 2.75) is 26.2 Å². The summed E-state index contributed by atoms with van der Waals surface area (Å²) in [5.41, 5.74) is 12.7. The fourth-order valence-corrected chi connectivity index (χ4v) is 12.9. The molecule has 116 valence electrons. The van der Waals surface area contributed by atoms with Gasteiger partial charge in [0, 0.05) is 0 Å². The quantitative estimate of drug-likeness (QED) is 0.316. The zero-order valence-electron chi connectivity index (χ0n) is 13.4. The lowest BCUT2D eigenvalue weighted by Crippen LogP contribution is -2.77. The molecule has 1 aliphatic rings. The second-order valence-corrected chi connectivity index (χ2v) is 15.8. The van der Waals surface area contributed by atoms with Crippen molar-refractivity contribution in [2.24, 2.45) is 0 Å². The van der Waals surface area contributed by atoms with Crippen LogP contribution in [-0.2, 0) is 0 Å². The molecule has 0 aromatic heterocycles. The van der Waals surface area contributed by atoms with E-state index in [1.54, 1.807) is 0 Å². The van der Waals surface area contributed by atoms with Gasteiger partial charge in [0.25, 0.3) is 0 Å². The van der Waals surface area contributed by atoms with Crippen LogP contribution in [0.2, 0.25) is 26.2 Å². The summed E-state index contributed by atoms with van der Waals surface area (Å²) in [4.78, 5) is 0. The molecule has 2 aromatic carbocycles. The third kappa shape index (κ3) is 1.80. The van der Waals surface area contributed by atoms with E-state index in [1.165, 1.54) is 20.7 Å². The van der Waals surface area contributed by atoms with Gasteiger partial charge in [-0.15, -0.1) is 0 Å². The summed E-state index contributed by atoms with van der Waals surface area (Å²) >= 11 is 0. The van der Waals surface area contributed by atoms with Gasteiger partial charge in [-0.3, -0.25) is 0 Å². The van der Waals surface area contributed by atoms with Crippen molar-refractivity contribution in [2.75, 3.05) is 11.5 Å². The van der Waals surface area contributed by atoms with Crippen LogP contribution in [0.1, 0.15) is 0 Å². The van der Waals surface area contributed by atoms with Crippen LogP contribution in [0.5, 0.6) is 11.5 Å². The number of hydrogen-bond acceptors (Lipinski definition) is 4. The molecule has 0 unspecified atom stereocenters. The topological polar surface area (TPSA) is 92.5 Å². The predicted molar refractivity (Wildman–Crippen MR) is 98.5 cm³/mol. The molecule has 1 aliphatic heterocycles. The van der Waals surface area contributed by atoms with Crippen LogP contribution in [0.25, 0.3) is 0 Å². The fraction of sp³-hybridized carbons (Fsp3) is 0.250. The van der Waals surface area contributed by atoms with Crippen molar-refractivity contribution in [3.05, 3.63) is 24.3 Å². The Morgan fingerprint density at radius 3 is 1.23 bits per heavy atom. The average molecular weight is 331 g/mol. The first-order valence-corrected chi connectivity index (χ1v) is 13.3. The minimum Gasteiger partial charge on any atom is -0.506 e. The highest BCUT2D eigenvalue weighted by Gasteiger charge is 2.45. The molecule has 2 aromatic rings. The lowest BCUT2D eigenvalue weighted by Gasteiger charge is -2.42. The monoisotopic (exact) mass is 330 g/mol. The third-order valence-corrected chi connectivity index (χ3v) is 12.6. The van der Waals surface area contributed by atoms with Crippen molar-refractivity contribution in [1.82, 2.24) is 0 Å². The molecule has 6 heteroatoms. The molecule has 0 atom stereocenters. The summed E-state index contributed by atoms with van der Waals surface area (Å²) in [6.45, 7) is 9.00. The van der Waals surface area contributed by atoms with Gasteiger partial charge in [-0.25, -0.2) is 0 Å². The molecule has 3 rings (SSSR count). The smallest absolute Gasteiger partial charge is 0.138 e. The minimum absolute atomic E-state index is 0.152. The van der Waals surface area contributed by atoms with E-state index in [0.29, 0.717) is 11.4 Å². The number of nitrogen functional groups attached to an aromatic ring is 2. The van der Waals surface area contributed by atoms with Crippen LogP contribution in [-0.4, -0.2) is 26.4 Å². The molecule has 0 saturated heterocycles. The summed E-state index contributed by atoms with van der Waals surface area (Å²) in [6.07, 6.45) is 0. The van der Waals surface area contributed by atoms with E-state index < -0.39 is 16.1 Å². The second-order valence-electron chi connectivity index (χ2n) is 7.16. The van der Waals surface area contributed by atoms with E-state index in [1.807, 2.05) is 24.3 Å². The Kier molecular flexibility index (Phi) is 2.93.